The van der Waals surface area contributed by atoms with Crippen molar-refractivity contribution in [1.29, 1.82) is 0 Å². The zero-order chi connectivity index (χ0) is 19.8. The minimum Gasteiger partial charge on any atom is -0.473 e. The summed E-state index contributed by atoms with van der Waals surface area (Å²) in [5.74, 6) is 0.576. The van der Waals surface area contributed by atoms with Gasteiger partial charge in [0, 0.05) is 40.9 Å². The second-order valence-electron chi connectivity index (χ2n) is 7.98. The monoisotopic (exact) mass is 406 g/mol. The Morgan fingerprint density at radius 3 is 2.79 bits per heavy atom. The molecule has 0 saturated carbocycles. The smallest absolute Gasteiger partial charge is 0.233 e. The van der Waals surface area contributed by atoms with E-state index in [9.17, 15) is 0 Å². The van der Waals surface area contributed by atoms with Crippen LogP contribution < -0.4 is 10.1 Å². The maximum absolute atomic E-state index is 6.09. The molecular formula is C21H22N6OS. The first-order chi connectivity index (χ1) is 14.1. The number of ether oxygens (including phenoxy) is 1. The average molecular weight is 407 g/mol. The van der Waals surface area contributed by atoms with Crippen LogP contribution >= 0.6 is 11.3 Å². The summed E-state index contributed by atoms with van der Waals surface area (Å²) < 4.78 is 7.18. The molecule has 1 aliphatic rings. The Morgan fingerprint density at radius 1 is 1.14 bits per heavy atom. The molecule has 8 heteroatoms. The van der Waals surface area contributed by atoms with Crippen molar-refractivity contribution in [2.75, 3.05) is 6.54 Å². The lowest BCUT2D eigenvalue weighted by atomic mass is 9.91. The van der Waals surface area contributed by atoms with Crippen LogP contribution in [0.25, 0.3) is 32.6 Å². The van der Waals surface area contributed by atoms with Gasteiger partial charge in [-0.1, -0.05) is 12.1 Å². The molecule has 3 aromatic heterocycles. The average Bonchev–Trinajstić information content (AvgIpc) is 3.39. The maximum Gasteiger partial charge on any atom is 0.233 e. The van der Waals surface area contributed by atoms with E-state index in [1.807, 2.05) is 30.0 Å². The van der Waals surface area contributed by atoms with E-state index < -0.39 is 0 Å². The molecule has 5 rings (SSSR count). The van der Waals surface area contributed by atoms with Gasteiger partial charge in [0.2, 0.25) is 5.88 Å². The van der Waals surface area contributed by atoms with Crippen LogP contribution in [0.1, 0.15) is 26.7 Å². The first kappa shape index (κ1) is 18.2. The van der Waals surface area contributed by atoms with Crippen molar-refractivity contribution in [1.82, 2.24) is 30.7 Å². The Balaban J connectivity index is 1.41. The summed E-state index contributed by atoms with van der Waals surface area (Å²) in [4.78, 5) is 4.57. The summed E-state index contributed by atoms with van der Waals surface area (Å²) in [5.41, 5.74) is 6.82. The summed E-state index contributed by atoms with van der Waals surface area (Å²) in [5, 5.41) is 19.2. The molecule has 4 aromatic rings. The highest BCUT2D eigenvalue weighted by Gasteiger charge is 2.28. The largest absolute Gasteiger partial charge is 0.473 e. The topological polar surface area (TPSA) is 88.6 Å². The number of benzene rings is 1. The summed E-state index contributed by atoms with van der Waals surface area (Å²) >= 11 is 1.60. The zero-order valence-electron chi connectivity index (χ0n) is 16.3. The van der Waals surface area contributed by atoms with Gasteiger partial charge < -0.3 is 10.1 Å². The van der Waals surface area contributed by atoms with Crippen molar-refractivity contribution in [3.8, 4) is 28.3 Å². The number of piperidine rings is 1. The fourth-order valence-corrected chi connectivity index (χ4v) is 4.73. The SMILES string of the molecule is CC1(C)CC(Oc2ccc(-c3ccc(-c4cn[nH]c4)c4ncsc34)nn2)CCN1. The molecule has 148 valence electrons. The van der Waals surface area contributed by atoms with Gasteiger partial charge in [-0.05, 0) is 32.9 Å². The van der Waals surface area contributed by atoms with Crippen molar-refractivity contribution < 1.29 is 4.74 Å². The van der Waals surface area contributed by atoms with Crippen LogP contribution in [0.15, 0.2) is 42.2 Å². The molecule has 29 heavy (non-hydrogen) atoms. The third-order valence-corrected chi connectivity index (χ3v) is 6.16. The number of nitrogens with zero attached hydrogens (tertiary/aromatic N) is 4. The zero-order valence-corrected chi connectivity index (χ0v) is 17.2. The lowest BCUT2D eigenvalue weighted by Crippen LogP contribution is -2.49. The second kappa shape index (κ2) is 7.20. The van der Waals surface area contributed by atoms with Gasteiger partial charge in [0.15, 0.2) is 0 Å². The van der Waals surface area contributed by atoms with E-state index >= 15 is 0 Å². The lowest BCUT2D eigenvalue weighted by molar-refractivity contribution is 0.106. The van der Waals surface area contributed by atoms with Crippen LogP contribution in [0.2, 0.25) is 0 Å². The van der Waals surface area contributed by atoms with Crippen LogP contribution in [0.5, 0.6) is 5.88 Å². The van der Waals surface area contributed by atoms with Crippen LogP contribution in [0.3, 0.4) is 0 Å². The summed E-state index contributed by atoms with van der Waals surface area (Å²) in [6, 6.07) is 8.02. The standard InChI is InChI=1S/C21H22N6OS/c1-21(2)9-14(7-8-23-21)28-18-6-5-17(26-27-18)16-4-3-15(13-10-24-25-11-13)19-20(16)29-12-22-19/h3-6,10-12,14,23H,7-9H2,1-2H3,(H,24,25). The number of aromatic amines is 1. The van der Waals surface area contributed by atoms with Gasteiger partial charge in [0.1, 0.15) is 6.10 Å². The molecule has 2 N–H and O–H groups in total. The lowest BCUT2D eigenvalue weighted by Gasteiger charge is -2.36. The molecule has 0 bridgehead atoms. The van der Waals surface area contributed by atoms with E-state index in [1.165, 1.54) is 0 Å². The van der Waals surface area contributed by atoms with Gasteiger partial charge in [-0.25, -0.2) is 4.98 Å². The van der Waals surface area contributed by atoms with Crippen LogP contribution in [-0.2, 0) is 0 Å². The van der Waals surface area contributed by atoms with E-state index in [2.05, 4.69) is 56.7 Å². The number of nitrogens with one attached hydrogen (secondary N) is 2. The Kier molecular flexibility index (Phi) is 4.52. The predicted molar refractivity (Wildman–Crippen MR) is 114 cm³/mol. The molecule has 1 atom stereocenters. The van der Waals surface area contributed by atoms with Gasteiger partial charge >= 0.3 is 0 Å². The number of thiazole rings is 1. The first-order valence-electron chi connectivity index (χ1n) is 9.70. The molecule has 1 aromatic carbocycles. The van der Waals surface area contributed by atoms with Crippen molar-refractivity contribution in [3.05, 3.63) is 42.2 Å². The van der Waals surface area contributed by atoms with Crippen molar-refractivity contribution >= 4 is 21.6 Å². The molecule has 1 fully saturated rings. The van der Waals surface area contributed by atoms with E-state index in [4.69, 9.17) is 4.74 Å². The molecule has 1 unspecified atom stereocenters. The fourth-order valence-electron chi connectivity index (χ4n) is 3.90. The Hall–Kier alpha value is -2.84. The third kappa shape index (κ3) is 3.61. The maximum atomic E-state index is 6.09. The summed E-state index contributed by atoms with van der Waals surface area (Å²) in [6.45, 7) is 5.35. The third-order valence-electron chi connectivity index (χ3n) is 5.30. The minimum atomic E-state index is 0.0881. The summed E-state index contributed by atoms with van der Waals surface area (Å²) in [7, 11) is 0. The number of H-pyrrole nitrogens is 1. The number of hydrogen-bond donors (Lipinski definition) is 2. The highest BCUT2D eigenvalue weighted by molar-refractivity contribution is 7.17. The van der Waals surface area contributed by atoms with Crippen LogP contribution in [-0.4, -0.2) is 43.6 Å². The highest BCUT2D eigenvalue weighted by atomic mass is 32.1. The first-order valence-corrected chi connectivity index (χ1v) is 10.6. The van der Waals surface area contributed by atoms with Crippen molar-refractivity contribution in [3.63, 3.8) is 0 Å². The molecule has 1 aliphatic heterocycles. The van der Waals surface area contributed by atoms with Gasteiger partial charge in [-0.2, -0.15) is 5.10 Å². The Labute approximate surface area is 172 Å². The second-order valence-corrected chi connectivity index (χ2v) is 8.83. The number of aromatic nitrogens is 5. The van der Waals surface area contributed by atoms with E-state index in [-0.39, 0.29) is 11.6 Å². The van der Waals surface area contributed by atoms with Gasteiger partial charge in [-0.3, -0.25) is 5.10 Å². The van der Waals surface area contributed by atoms with E-state index in [1.54, 1.807) is 11.3 Å². The van der Waals surface area contributed by atoms with Gasteiger partial charge in [-0.15, -0.1) is 21.5 Å². The molecule has 0 radical (unpaired) electrons. The Bertz CT molecular complexity index is 1120. The fraction of sp³-hybridized carbons (Fsp3) is 0.333. The number of rotatable bonds is 4. The van der Waals surface area contributed by atoms with Gasteiger partial charge in [0.25, 0.3) is 0 Å². The Morgan fingerprint density at radius 2 is 2.03 bits per heavy atom. The number of hydrogen-bond acceptors (Lipinski definition) is 7. The molecule has 0 spiro atoms. The van der Waals surface area contributed by atoms with Gasteiger partial charge in [0.05, 0.1) is 27.6 Å². The minimum absolute atomic E-state index is 0.0881. The molecule has 4 heterocycles. The van der Waals surface area contributed by atoms with Crippen LogP contribution in [0, 0.1) is 0 Å². The molecule has 7 nitrogen and oxygen atoms in total. The normalized spacial score (nSPS) is 18.8. The molecule has 0 aliphatic carbocycles. The van der Waals surface area contributed by atoms with Crippen LogP contribution in [0.4, 0.5) is 0 Å². The predicted octanol–water partition coefficient (Wildman–Crippen LogP) is 4.05. The quantitative estimate of drug-likeness (QED) is 0.531. The highest BCUT2D eigenvalue weighted by Crippen LogP contribution is 2.36. The van der Waals surface area contributed by atoms with E-state index in [0.717, 1.165) is 52.0 Å². The van der Waals surface area contributed by atoms with Crippen molar-refractivity contribution in [2.24, 2.45) is 0 Å². The molecular weight excluding hydrogens is 384 g/mol. The number of fused-ring (bicyclic) bond motifs is 1. The summed E-state index contributed by atoms with van der Waals surface area (Å²) in [6.07, 6.45) is 5.77. The van der Waals surface area contributed by atoms with E-state index in [0.29, 0.717) is 5.88 Å². The van der Waals surface area contributed by atoms with Crippen molar-refractivity contribution in [2.45, 2.75) is 38.3 Å². The molecule has 1 saturated heterocycles. The molecule has 0 amide bonds.